The maximum Gasteiger partial charge on any atom is 0.330 e. The van der Waals surface area contributed by atoms with Crippen LogP contribution in [0.4, 0.5) is 0 Å². The molecule has 152 valence electrons. The lowest BCUT2D eigenvalue weighted by atomic mass is 9.98. The van der Waals surface area contributed by atoms with E-state index in [0.29, 0.717) is 6.42 Å². The van der Waals surface area contributed by atoms with E-state index >= 15 is 0 Å². The van der Waals surface area contributed by atoms with E-state index in [2.05, 4.69) is 6.92 Å². The number of hydrogen-bond acceptors (Lipinski definition) is 2. The highest BCUT2D eigenvalue weighted by atomic mass is 16.4. The van der Waals surface area contributed by atoms with Gasteiger partial charge in [0.15, 0.2) is 0 Å². The molecule has 0 aromatic carbocycles. The number of carboxylic acids is 2. The van der Waals surface area contributed by atoms with Crippen molar-refractivity contribution in [1.29, 1.82) is 0 Å². The van der Waals surface area contributed by atoms with Crippen LogP contribution in [0.2, 0.25) is 0 Å². The largest absolute Gasteiger partial charge is 0.481 e. The van der Waals surface area contributed by atoms with Crippen LogP contribution in [0.3, 0.4) is 0 Å². The molecule has 0 fully saturated rings. The van der Waals surface area contributed by atoms with Gasteiger partial charge >= 0.3 is 11.9 Å². The molecule has 0 amide bonds. The second-order valence-corrected chi connectivity index (χ2v) is 7.48. The van der Waals surface area contributed by atoms with E-state index in [-0.39, 0.29) is 5.57 Å². The molecule has 0 aliphatic heterocycles. The maximum absolute atomic E-state index is 11.2. The molecule has 4 heteroatoms. The van der Waals surface area contributed by atoms with Gasteiger partial charge in [0.05, 0.1) is 5.92 Å². The fourth-order valence-corrected chi connectivity index (χ4v) is 3.21. The van der Waals surface area contributed by atoms with Crippen molar-refractivity contribution < 1.29 is 19.8 Å². The lowest BCUT2D eigenvalue weighted by molar-refractivity contribution is -0.140. The lowest BCUT2D eigenvalue weighted by Crippen LogP contribution is -2.13. The van der Waals surface area contributed by atoms with Crippen LogP contribution in [0.25, 0.3) is 0 Å². The van der Waals surface area contributed by atoms with Crippen LogP contribution in [-0.2, 0) is 9.59 Å². The molecule has 0 aliphatic rings. The average Bonchev–Trinajstić information content (AvgIpc) is 2.60. The predicted molar refractivity (Wildman–Crippen MR) is 107 cm³/mol. The van der Waals surface area contributed by atoms with E-state index in [0.717, 1.165) is 19.3 Å². The minimum absolute atomic E-state index is 0.114. The first-order valence-electron chi connectivity index (χ1n) is 10.6. The van der Waals surface area contributed by atoms with Gasteiger partial charge in [-0.2, -0.15) is 0 Å². The smallest absolute Gasteiger partial charge is 0.330 e. The fourth-order valence-electron chi connectivity index (χ4n) is 3.21. The molecule has 0 saturated heterocycles. The predicted octanol–water partition coefficient (Wildman–Crippen LogP) is 6.59. The molecule has 1 unspecified atom stereocenters. The molecule has 0 radical (unpaired) electrons. The zero-order valence-corrected chi connectivity index (χ0v) is 17.0. The number of carbonyl (C=O) groups is 2. The molecule has 0 saturated carbocycles. The Morgan fingerprint density at radius 1 is 0.731 bits per heavy atom. The van der Waals surface area contributed by atoms with Crippen molar-refractivity contribution in [3.8, 4) is 0 Å². The van der Waals surface area contributed by atoms with Crippen molar-refractivity contribution in [3.63, 3.8) is 0 Å². The minimum Gasteiger partial charge on any atom is -0.481 e. The molecule has 0 bridgehead atoms. The van der Waals surface area contributed by atoms with Crippen molar-refractivity contribution in [3.05, 3.63) is 11.6 Å². The Bertz CT molecular complexity index is 401. The second-order valence-electron chi connectivity index (χ2n) is 7.48. The Labute approximate surface area is 160 Å². The second kappa shape index (κ2) is 17.1. The monoisotopic (exact) mass is 368 g/mol. The molecule has 0 aromatic rings. The fraction of sp³-hybridized carbons (Fsp3) is 0.818. The first-order valence-corrected chi connectivity index (χ1v) is 10.6. The molecule has 26 heavy (non-hydrogen) atoms. The van der Waals surface area contributed by atoms with Crippen molar-refractivity contribution in [2.24, 2.45) is 5.92 Å². The molecule has 0 spiro atoms. The Kier molecular flexibility index (Phi) is 16.2. The molecule has 1 atom stereocenters. The highest BCUT2D eigenvalue weighted by molar-refractivity contribution is 5.87. The third kappa shape index (κ3) is 15.0. The van der Waals surface area contributed by atoms with Crippen LogP contribution in [0.1, 0.15) is 110 Å². The normalized spacial score (nSPS) is 12.9. The zero-order valence-electron chi connectivity index (χ0n) is 17.0. The van der Waals surface area contributed by atoms with E-state index in [1.165, 1.54) is 83.6 Å². The van der Waals surface area contributed by atoms with Crippen LogP contribution in [0.15, 0.2) is 11.6 Å². The SMILES string of the molecule is CCCCCCCCCCCCCCCCC(C=C(C)C(=O)O)C(=O)O. The third-order valence-electron chi connectivity index (χ3n) is 4.97. The van der Waals surface area contributed by atoms with Crippen LogP contribution >= 0.6 is 0 Å². The summed E-state index contributed by atoms with van der Waals surface area (Å²) in [5.41, 5.74) is 0.114. The topological polar surface area (TPSA) is 74.6 Å². The Hall–Kier alpha value is -1.32. The van der Waals surface area contributed by atoms with Gasteiger partial charge in [0.25, 0.3) is 0 Å². The van der Waals surface area contributed by atoms with Crippen molar-refractivity contribution in [2.45, 2.75) is 110 Å². The number of carboxylic acid groups (broad SMARTS) is 2. The van der Waals surface area contributed by atoms with Gasteiger partial charge in [-0.3, -0.25) is 4.79 Å². The summed E-state index contributed by atoms with van der Waals surface area (Å²) in [7, 11) is 0. The number of unbranched alkanes of at least 4 members (excludes halogenated alkanes) is 13. The summed E-state index contributed by atoms with van der Waals surface area (Å²) in [6.07, 6.45) is 19.7. The summed E-state index contributed by atoms with van der Waals surface area (Å²) < 4.78 is 0. The molecular weight excluding hydrogens is 328 g/mol. The van der Waals surface area contributed by atoms with Crippen molar-refractivity contribution >= 4 is 11.9 Å². The third-order valence-corrected chi connectivity index (χ3v) is 4.97. The average molecular weight is 369 g/mol. The molecule has 0 rings (SSSR count). The van der Waals surface area contributed by atoms with Gasteiger partial charge in [0.1, 0.15) is 0 Å². The van der Waals surface area contributed by atoms with E-state index < -0.39 is 17.9 Å². The minimum atomic E-state index is -1.04. The summed E-state index contributed by atoms with van der Waals surface area (Å²) in [4.78, 5) is 22.0. The van der Waals surface area contributed by atoms with Crippen molar-refractivity contribution in [1.82, 2.24) is 0 Å². The van der Waals surface area contributed by atoms with Crippen molar-refractivity contribution in [2.75, 3.05) is 0 Å². The van der Waals surface area contributed by atoms with Crippen LogP contribution < -0.4 is 0 Å². The van der Waals surface area contributed by atoms with E-state index in [1.54, 1.807) is 0 Å². The van der Waals surface area contributed by atoms with Gasteiger partial charge < -0.3 is 10.2 Å². The Balaban J connectivity index is 3.53. The number of rotatable bonds is 18. The standard InChI is InChI=1S/C22H40O4/c1-3-4-5-6-7-8-9-10-11-12-13-14-15-16-17-20(22(25)26)18-19(2)21(23)24/h18,20H,3-17H2,1-2H3,(H,23,24)(H,25,26). The Morgan fingerprint density at radius 2 is 1.12 bits per heavy atom. The highest BCUT2D eigenvalue weighted by Gasteiger charge is 2.16. The molecule has 2 N–H and O–H groups in total. The first-order chi connectivity index (χ1) is 12.5. The summed E-state index contributed by atoms with van der Waals surface area (Å²) in [5, 5.41) is 18.0. The number of aliphatic carboxylic acids is 2. The van der Waals surface area contributed by atoms with E-state index in [4.69, 9.17) is 5.11 Å². The zero-order chi connectivity index (χ0) is 19.6. The lowest BCUT2D eigenvalue weighted by Gasteiger charge is -2.08. The summed E-state index contributed by atoms with van der Waals surface area (Å²) in [6, 6.07) is 0. The van der Waals surface area contributed by atoms with E-state index in [1.807, 2.05) is 0 Å². The van der Waals surface area contributed by atoms with Gasteiger partial charge in [0, 0.05) is 5.57 Å². The van der Waals surface area contributed by atoms with Crippen LogP contribution in [0.5, 0.6) is 0 Å². The van der Waals surface area contributed by atoms with Gasteiger partial charge in [-0.15, -0.1) is 0 Å². The van der Waals surface area contributed by atoms with E-state index in [9.17, 15) is 14.7 Å². The highest BCUT2D eigenvalue weighted by Crippen LogP contribution is 2.17. The summed E-state index contributed by atoms with van der Waals surface area (Å²) >= 11 is 0. The molecule has 0 heterocycles. The molecule has 0 aromatic heterocycles. The first kappa shape index (κ1) is 24.7. The van der Waals surface area contributed by atoms with Gasteiger partial charge in [-0.1, -0.05) is 103 Å². The van der Waals surface area contributed by atoms with Gasteiger partial charge in [-0.05, 0) is 13.3 Å². The summed E-state index contributed by atoms with van der Waals surface area (Å²) in [5.74, 6) is -2.65. The summed E-state index contributed by atoms with van der Waals surface area (Å²) in [6.45, 7) is 3.70. The molecule has 4 nitrogen and oxygen atoms in total. The van der Waals surface area contributed by atoms with Crippen LogP contribution in [-0.4, -0.2) is 22.2 Å². The number of hydrogen-bond donors (Lipinski definition) is 2. The molecular formula is C22H40O4. The Morgan fingerprint density at radius 3 is 1.46 bits per heavy atom. The maximum atomic E-state index is 11.2. The quantitative estimate of drug-likeness (QED) is 0.211. The molecule has 0 aliphatic carbocycles. The van der Waals surface area contributed by atoms with Crippen LogP contribution in [0, 0.1) is 5.92 Å². The van der Waals surface area contributed by atoms with Gasteiger partial charge in [0.2, 0.25) is 0 Å². The van der Waals surface area contributed by atoms with Gasteiger partial charge in [-0.25, -0.2) is 4.79 Å².